The van der Waals surface area contributed by atoms with E-state index in [0.717, 1.165) is 12.6 Å². The van der Waals surface area contributed by atoms with Gasteiger partial charge < -0.3 is 0 Å². The summed E-state index contributed by atoms with van der Waals surface area (Å²) in [7, 11) is -2.22. The first-order chi connectivity index (χ1) is 14.4. The van der Waals surface area contributed by atoms with Crippen LogP contribution >= 0.6 is 0 Å². The van der Waals surface area contributed by atoms with Crippen LogP contribution in [-0.2, 0) is 21.4 Å². The van der Waals surface area contributed by atoms with Crippen LogP contribution in [0.15, 0.2) is 48.5 Å². The van der Waals surface area contributed by atoms with E-state index in [4.69, 9.17) is 4.84 Å². The first-order valence-electron chi connectivity index (χ1n) is 9.93. The van der Waals surface area contributed by atoms with Gasteiger partial charge in [0.2, 0.25) is 10.0 Å². The summed E-state index contributed by atoms with van der Waals surface area (Å²) in [5, 5.41) is 0.311. The molecule has 9 heteroatoms. The van der Waals surface area contributed by atoms with Crippen molar-refractivity contribution in [2.24, 2.45) is 0 Å². The number of nitrogens with zero attached hydrogens (tertiary/aromatic N) is 3. The molecular weight excluding hydrogens is 412 g/mol. The van der Waals surface area contributed by atoms with E-state index in [1.54, 1.807) is 7.05 Å². The molecule has 2 fully saturated rings. The molecule has 0 amide bonds. The molecule has 2 atom stereocenters. The summed E-state index contributed by atoms with van der Waals surface area (Å²) in [5.41, 5.74) is 1.17. The Morgan fingerprint density at radius 1 is 1.00 bits per heavy atom. The zero-order valence-corrected chi connectivity index (χ0v) is 17.6. The van der Waals surface area contributed by atoms with Crippen molar-refractivity contribution in [2.45, 2.75) is 17.8 Å². The van der Waals surface area contributed by atoms with E-state index in [1.165, 1.54) is 27.1 Å². The summed E-state index contributed by atoms with van der Waals surface area (Å²) in [6.07, 6.45) is 0. The average Bonchev–Trinajstić information content (AvgIpc) is 3.13. The van der Waals surface area contributed by atoms with Gasteiger partial charge in [-0.2, -0.15) is 9.37 Å². The number of benzene rings is 2. The van der Waals surface area contributed by atoms with Gasteiger partial charge in [-0.15, -0.1) is 0 Å². The maximum atomic E-state index is 14.4. The lowest BCUT2D eigenvalue weighted by Gasteiger charge is -2.36. The van der Waals surface area contributed by atoms with Crippen molar-refractivity contribution in [1.29, 1.82) is 0 Å². The Morgan fingerprint density at radius 2 is 1.70 bits per heavy atom. The third-order valence-corrected chi connectivity index (χ3v) is 8.05. The van der Waals surface area contributed by atoms with Crippen molar-refractivity contribution in [1.82, 2.24) is 14.3 Å². The van der Waals surface area contributed by atoms with Gasteiger partial charge in [0.05, 0.1) is 12.6 Å². The zero-order chi connectivity index (χ0) is 21.3. The van der Waals surface area contributed by atoms with Gasteiger partial charge >= 0.3 is 0 Å². The average molecular weight is 438 g/mol. The highest BCUT2D eigenvalue weighted by Crippen LogP contribution is 2.36. The Labute approximate surface area is 175 Å². The molecule has 2 aliphatic heterocycles. The van der Waals surface area contributed by atoms with Crippen LogP contribution in [0.4, 0.5) is 8.78 Å². The fourth-order valence-corrected chi connectivity index (χ4v) is 6.10. The van der Waals surface area contributed by atoms with Gasteiger partial charge in [0, 0.05) is 45.3 Å². The first kappa shape index (κ1) is 21.3. The number of piperazine rings is 1. The number of hydrogen-bond acceptors (Lipinski definition) is 5. The highest BCUT2D eigenvalue weighted by molar-refractivity contribution is 7.89. The molecule has 0 bridgehead atoms. The minimum absolute atomic E-state index is 0.00807. The van der Waals surface area contributed by atoms with Crippen LogP contribution in [0.25, 0.3) is 0 Å². The van der Waals surface area contributed by atoms with Crippen LogP contribution in [0.1, 0.15) is 17.2 Å². The van der Waals surface area contributed by atoms with Crippen molar-refractivity contribution in [3.63, 3.8) is 0 Å². The molecule has 2 aromatic carbocycles. The molecule has 0 aromatic heterocycles. The highest BCUT2D eigenvalue weighted by Gasteiger charge is 2.47. The number of halogens is 2. The minimum Gasteiger partial charge on any atom is -0.297 e. The van der Waals surface area contributed by atoms with E-state index >= 15 is 0 Å². The van der Waals surface area contributed by atoms with E-state index in [0.29, 0.717) is 26.2 Å². The van der Waals surface area contributed by atoms with E-state index in [9.17, 15) is 17.2 Å². The highest BCUT2D eigenvalue weighted by atomic mass is 32.2. The van der Waals surface area contributed by atoms with Gasteiger partial charge in [-0.05, 0) is 11.6 Å². The Hall–Kier alpha value is -1.91. The lowest BCUT2D eigenvalue weighted by Crippen LogP contribution is -2.52. The van der Waals surface area contributed by atoms with E-state index in [1.807, 2.05) is 30.3 Å². The van der Waals surface area contributed by atoms with E-state index in [2.05, 4.69) is 4.90 Å². The Morgan fingerprint density at radius 3 is 2.40 bits per heavy atom. The lowest BCUT2D eigenvalue weighted by atomic mass is 10.0. The van der Waals surface area contributed by atoms with Gasteiger partial charge in [-0.25, -0.2) is 17.2 Å². The molecule has 6 nitrogen and oxygen atoms in total. The SMILES string of the molecule is CN1OC[C@@H](S(=O)(=O)N2CCN(Cc3ccccc3)CC2)[C@@H]1c1cccc(F)c1F. The van der Waals surface area contributed by atoms with Crippen LogP contribution in [-0.4, -0.2) is 67.8 Å². The summed E-state index contributed by atoms with van der Waals surface area (Å²) in [4.78, 5) is 7.64. The topological polar surface area (TPSA) is 53.1 Å². The number of hydroxylamine groups is 2. The predicted molar refractivity (Wildman–Crippen MR) is 109 cm³/mol. The van der Waals surface area contributed by atoms with Crippen molar-refractivity contribution in [3.8, 4) is 0 Å². The molecule has 162 valence electrons. The van der Waals surface area contributed by atoms with Crippen molar-refractivity contribution >= 4 is 10.0 Å². The quantitative estimate of drug-likeness (QED) is 0.719. The second-order valence-electron chi connectivity index (χ2n) is 7.67. The maximum absolute atomic E-state index is 14.4. The minimum atomic E-state index is -3.77. The third-order valence-electron chi connectivity index (χ3n) is 5.81. The van der Waals surface area contributed by atoms with Crippen LogP contribution in [0, 0.1) is 11.6 Å². The van der Waals surface area contributed by atoms with Crippen molar-refractivity contribution < 1.29 is 22.0 Å². The molecule has 0 saturated carbocycles. The number of hydrogen-bond donors (Lipinski definition) is 0. The van der Waals surface area contributed by atoms with Crippen LogP contribution in [0.3, 0.4) is 0 Å². The molecule has 2 aromatic rings. The molecule has 0 spiro atoms. The summed E-state index contributed by atoms with van der Waals surface area (Å²) < 4.78 is 56.4. The zero-order valence-electron chi connectivity index (χ0n) is 16.7. The largest absolute Gasteiger partial charge is 0.297 e. The molecule has 4 rings (SSSR count). The van der Waals surface area contributed by atoms with E-state index < -0.39 is 32.9 Å². The Kier molecular flexibility index (Phi) is 6.17. The molecule has 2 aliphatic rings. The molecule has 0 radical (unpaired) electrons. The first-order valence-corrected chi connectivity index (χ1v) is 11.4. The Balaban J connectivity index is 1.48. The molecule has 0 N–H and O–H groups in total. The van der Waals surface area contributed by atoms with Gasteiger partial charge in [0.1, 0.15) is 5.25 Å². The summed E-state index contributed by atoms with van der Waals surface area (Å²) in [6, 6.07) is 12.9. The fourth-order valence-electron chi connectivity index (χ4n) is 4.17. The fraction of sp³-hybridized carbons (Fsp3) is 0.429. The smallest absolute Gasteiger partial charge is 0.221 e. The summed E-state index contributed by atoms with van der Waals surface area (Å²) in [6.45, 7) is 2.60. The van der Waals surface area contributed by atoms with Crippen LogP contribution in [0.2, 0.25) is 0 Å². The normalized spacial score (nSPS) is 24.4. The maximum Gasteiger partial charge on any atom is 0.221 e. The van der Waals surface area contributed by atoms with Gasteiger partial charge in [0.25, 0.3) is 0 Å². The molecule has 0 aliphatic carbocycles. The monoisotopic (exact) mass is 437 g/mol. The third kappa shape index (κ3) is 4.13. The molecule has 2 saturated heterocycles. The molecule has 30 heavy (non-hydrogen) atoms. The summed E-state index contributed by atoms with van der Waals surface area (Å²) in [5.74, 6) is -2.04. The Bertz CT molecular complexity index is 982. The van der Waals surface area contributed by atoms with Gasteiger partial charge in [-0.1, -0.05) is 42.5 Å². The van der Waals surface area contributed by atoms with Crippen molar-refractivity contribution in [3.05, 3.63) is 71.3 Å². The second kappa shape index (κ2) is 8.68. The molecule has 0 unspecified atom stereocenters. The number of sulfonamides is 1. The van der Waals surface area contributed by atoms with Crippen LogP contribution in [0.5, 0.6) is 0 Å². The number of rotatable bonds is 5. The second-order valence-corrected chi connectivity index (χ2v) is 9.83. The predicted octanol–water partition coefficient (Wildman–Crippen LogP) is 2.40. The molecule has 2 heterocycles. The van der Waals surface area contributed by atoms with Crippen LogP contribution < -0.4 is 0 Å². The standard InChI is InChI=1S/C21H25F2N3O3S/c1-24-21(17-8-5-9-18(22)20(17)23)19(15-29-24)30(27,28)26-12-10-25(11-13-26)14-16-6-3-2-4-7-16/h2-9,19,21H,10-15H2,1H3/t19-,21+/m1/s1. The lowest BCUT2D eigenvalue weighted by molar-refractivity contribution is -0.111. The molecular formula is C21H25F2N3O3S. The van der Waals surface area contributed by atoms with E-state index in [-0.39, 0.29) is 12.2 Å². The van der Waals surface area contributed by atoms with Crippen molar-refractivity contribution in [2.75, 3.05) is 39.8 Å². The summed E-state index contributed by atoms with van der Waals surface area (Å²) >= 11 is 0. The van der Waals surface area contributed by atoms with Gasteiger partial charge in [0.15, 0.2) is 11.6 Å². The van der Waals surface area contributed by atoms with Gasteiger partial charge in [-0.3, -0.25) is 9.74 Å².